The maximum atomic E-state index is 9.72. The fourth-order valence-corrected chi connectivity index (χ4v) is 12.5. The topological polar surface area (TPSA) is 36.7 Å². The summed E-state index contributed by atoms with van der Waals surface area (Å²) >= 11 is 1.76. The molecule has 3 heteroatoms. The molecule has 0 saturated heterocycles. The van der Waals surface area contributed by atoms with Crippen LogP contribution in [0.1, 0.15) is 15.2 Å². The van der Waals surface area contributed by atoms with E-state index in [0.29, 0.717) is 22.3 Å². The highest BCUT2D eigenvalue weighted by Gasteiger charge is 2.26. The van der Waals surface area contributed by atoms with Crippen molar-refractivity contribution in [3.63, 3.8) is 0 Å². The Hall–Kier alpha value is -8.94. The SMILES string of the molecule is [2H]C([2H])([2H])c1c(-c2ccc3c(c2)-c2ccccc2-c2ccccc2-c2cc(-c4cccc5c4sc4ccc(C#N)cc45)ccc2-3)cccc1-c1ccc2c(c1)-c1ccccc1-c1ccccc1-c1ncccc1-2. The first-order chi connectivity index (χ1) is 35.8. The molecule has 0 N–H and O–H groups in total. The van der Waals surface area contributed by atoms with Gasteiger partial charge in [0.2, 0.25) is 0 Å². The number of hydrogen-bond donors (Lipinski definition) is 0. The van der Waals surface area contributed by atoms with Crippen molar-refractivity contribution < 1.29 is 4.11 Å². The molecule has 2 aliphatic carbocycles. The summed E-state index contributed by atoms with van der Waals surface area (Å²) in [5, 5.41) is 12.0. The number of thiophene rings is 1. The molecule has 0 amide bonds. The van der Waals surface area contributed by atoms with E-state index in [1.54, 1.807) is 11.3 Å². The van der Waals surface area contributed by atoms with E-state index in [-0.39, 0.29) is 0 Å². The lowest BCUT2D eigenvalue weighted by atomic mass is 9.79. The van der Waals surface area contributed by atoms with Gasteiger partial charge in [0, 0.05) is 41.6 Å². The highest BCUT2D eigenvalue weighted by molar-refractivity contribution is 7.26. The Kier molecular flexibility index (Phi) is 8.38. The molecule has 2 aromatic heterocycles. The van der Waals surface area contributed by atoms with Gasteiger partial charge >= 0.3 is 0 Å². The normalized spacial score (nSPS) is 12.6. The Balaban J connectivity index is 0.954. The highest BCUT2D eigenvalue weighted by Crippen LogP contribution is 2.52. The van der Waals surface area contributed by atoms with Crippen molar-refractivity contribution in [3.05, 3.63) is 236 Å². The third-order valence-corrected chi connectivity index (χ3v) is 15.7. The molecule has 2 aliphatic rings. The first-order valence-electron chi connectivity index (χ1n) is 25.1. The molecule has 0 atom stereocenters. The lowest BCUT2D eigenvalue weighted by Crippen LogP contribution is -1.99. The van der Waals surface area contributed by atoms with E-state index in [1.165, 1.54) is 4.70 Å². The van der Waals surface area contributed by atoms with Gasteiger partial charge in [0.1, 0.15) is 0 Å². The van der Waals surface area contributed by atoms with Crippen molar-refractivity contribution in [2.24, 2.45) is 0 Å². The van der Waals surface area contributed by atoms with Crippen LogP contribution in [0.5, 0.6) is 0 Å². The van der Waals surface area contributed by atoms with Crippen LogP contribution < -0.4 is 0 Å². The number of rotatable bonds is 3. The van der Waals surface area contributed by atoms with E-state index in [9.17, 15) is 9.37 Å². The van der Waals surface area contributed by atoms with E-state index >= 15 is 0 Å². The Morgan fingerprint density at radius 2 is 0.800 bits per heavy atom. The summed E-state index contributed by atoms with van der Waals surface area (Å²) in [6, 6.07) is 78.7. The second-order valence-electron chi connectivity index (χ2n) is 18.2. The quantitative estimate of drug-likeness (QED) is 0.177. The van der Waals surface area contributed by atoms with Gasteiger partial charge in [0.25, 0.3) is 0 Å². The van der Waals surface area contributed by atoms with Crippen molar-refractivity contribution in [1.29, 1.82) is 5.26 Å². The number of benzene rings is 10. The molecule has 2 heterocycles. The zero-order valence-electron chi connectivity index (χ0n) is 40.7. The second-order valence-corrected chi connectivity index (χ2v) is 19.3. The van der Waals surface area contributed by atoms with Gasteiger partial charge in [0.15, 0.2) is 0 Å². The van der Waals surface area contributed by atoms with Gasteiger partial charge in [0.05, 0.1) is 17.3 Å². The van der Waals surface area contributed by atoms with Crippen molar-refractivity contribution in [2.45, 2.75) is 6.85 Å². The van der Waals surface area contributed by atoms with Gasteiger partial charge in [-0.2, -0.15) is 5.26 Å². The zero-order valence-corrected chi connectivity index (χ0v) is 38.5. The van der Waals surface area contributed by atoms with Gasteiger partial charge in [-0.1, -0.05) is 176 Å². The van der Waals surface area contributed by atoms with Gasteiger partial charge < -0.3 is 0 Å². The van der Waals surface area contributed by atoms with E-state index in [1.807, 2.05) is 42.6 Å². The Labute approximate surface area is 414 Å². The summed E-state index contributed by atoms with van der Waals surface area (Å²) in [5.41, 5.74) is 23.4. The minimum atomic E-state index is -2.46. The number of pyridine rings is 1. The molecule has 14 rings (SSSR count). The first-order valence-corrected chi connectivity index (χ1v) is 24.4. The molecule has 12 aromatic rings. The second kappa shape index (κ2) is 15.8. The summed E-state index contributed by atoms with van der Waals surface area (Å²) in [7, 11) is 0. The van der Waals surface area contributed by atoms with Crippen LogP contribution in [0.4, 0.5) is 0 Å². The van der Waals surface area contributed by atoms with Crippen LogP contribution in [0.15, 0.2) is 225 Å². The fourth-order valence-electron chi connectivity index (χ4n) is 11.3. The lowest BCUT2D eigenvalue weighted by molar-refractivity contribution is 1.32. The minimum Gasteiger partial charge on any atom is -0.256 e. The van der Waals surface area contributed by atoms with Gasteiger partial charge in [-0.05, 0) is 161 Å². The molecule has 10 aromatic carbocycles. The maximum Gasteiger partial charge on any atom is 0.0991 e. The molecule has 0 fully saturated rings. The minimum absolute atomic E-state index is 0.315. The van der Waals surface area contributed by atoms with E-state index in [4.69, 9.17) is 4.98 Å². The third kappa shape index (κ3) is 6.14. The highest BCUT2D eigenvalue weighted by atomic mass is 32.1. The Morgan fingerprint density at radius 3 is 1.34 bits per heavy atom. The molecular weight excluding hydrogens is 865 g/mol. The molecule has 0 unspecified atom stereocenters. The average molecular weight is 908 g/mol. The Bertz CT molecular complexity index is 4340. The smallest absolute Gasteiger partial charge is 0.0991 e. The zero-order chi connectivity index (χ0) is 49.0. The van der Waals surface area contributed by atoms with Gasteiger partial charge in [-0.25, -0.2) is 0 Å². The van der Waals surface area contributed by atoms with Crippen molar-refractivity contribution >= 4 is 31.5 Å². The molecule has 324 valence electrons. The van der Waals surface area contributed by atoms with Crippen LogP contribution in [0.3, 0.4) is 0 Å². The third-order valence-electron chi connectivity index (χ3n) is 14.5. The molecule has 0 saturated carbocycles. The van der Waals surface area contributed by atoms with Crippen molar-refractivity contribution in [1.82, 2.24) is 4.98 Å². The van der Waals surface area contributed by atoms with Crippen LogP contribution in [0.2, 0.25) is 0 Å². The number of nitrogens with zero attached hydrogens (tertiary/aromatic N) is 2. The predicted octanol–water partition coefficient (Wildman–Crippen LogP) is 18.6. The summed E-state index contributed by atoms with van der Waals surface area (Å²) in [4.78, 5) is 4.94. The maximum absolute atomic E-state index is 9.72. The Morgan fingerprint density at radius 1 is 0.371 bits per heavy atom. The van der Waals surface area contributed by atoms with Crippen LogP contribution in [-0.4, -0.2) is 4.98 Å². The largest absolute Gasteiger partial charge is 0.256 e. The van der Waals surface area contributed by atoms with E-state index in [2.05, 4.69) is 188 Å². The number of hydrogen-bond acceptors (Lipinski definition) is 3. The van der Waals surface area contributed by atoms with Crippen LogP contribution in [0, 0.1) is 18.2 Å². The standard InChI is InChI=1S/C67H40N2S/c1-40-45(21-10-22-46(40)43-28-32-57-59-25-12-34-69-66(59)58-20-9-8-16-51(58)50-15-4-7-19-54(50)63(57)37-43)42-27-30-55-56-31-29-44(47-23-11-24-60-64-35-41(39-68)26-33-65(64)70-67(47)60)38-62(56)53-18-6-3-14-49(53)48-13-2-5-17-52(48)61(55)36-42/h2-38H,1H3/i1D3. The van der Waals surface area contributed by atoms with Crippen LogP contribution in [-0.2, 0) is 0 Å². The molecule has 70 heavy (non-hydrogen) atoms. The first kappa shape index (κ1) is 37.1. The average Bonchev–Trinajstić information content (AvgIpc) is 3.82. The van der Waals surface area contributed by atoms with E-state index in [0.717, 1.165) is 127 Å². The summed E-state index contributed by atoms with van der Waals surface area (Å²) in [5.74, 6) is 0. The predicted molar refractivity (Wildman–Crippen MR) is 293 cm³/mol. The summed E-state index contributed by atoms with van der Waals surface area (Å²) in [6.07, 6.45) is 1.85. The monoisotopic (exact) mass is 907 g/mol. The molecule has 0 spiro atoms. The summed E-state index contributed by atoms with van der Waals surface area (Å²) in [6.45, 7) is -2.46. The molecule has 0 aliphatic heterocycles. The molecule has 0 radical (unpaired) electrons. The van der Waals surface area contributed by atoms with Gasteiger partial charge in [-0.3, -0.25) is 4.98 Å². The number of nitriles is 1. The summed E-state index contributed by atoms with van der Waals surface area (Å²) < 4.78 is 30.1. The van der Waals surface area contributed by atoms with Crippen molar-refractivity contribution in [3.8, 4) is 129 Å². The van der Waals surface area contributed by atoms with Crippen LogP contribution in [0.25, 0.3) is 143 Å². The lowest BCUT2D eigenvalue weighted by Gasteiger charge is -2.25. The number of aromatic nitrogens is 1. The molecule has 0 bridgehead atoms. The van der Waals surface area contributed by atoms with Crippen molar-refractivity contribution in [2.75, 3.05) is 0 Å². The van der Waals surface area contributed by atoms with Crippen LogP contribution >= 0.6 is 11.3 Å². The van der Waals surface area contributed by atoms with E-state index < -0.39 is 6.85 Å². The molecule has 2 nitrogen and oxygen atoms in total. The molecular formula is C67H40N2S. The van der Waals surface area contributed by atoms with Gasteiger partial charge in [-0.15, -0.1) is 11.3 Å². The number of fused-ring (bicyclic) bond motifs is 19. The fraction of sp³-hybridized carbons (Fsp3) is 0.0149.